The Morgan fingerprint density at radius 3 is 0.882 bits per heavy atom. The minimum atomic E-state index is -0.871. The maximum atomic E-state index is 10.7. The molecule has 3 aliphatic carbocycles. The number of carbonyl (C=O) groups is 3. The molecule has 6 nitrogen and oxygen atoms in total. The number of rotatable bonds is 3. The third kappa shape index (κ3) is 10.1. The van der Waals surface area contributed by atoms with Crippen LogP contribution in [0.3, 0.4) is 0 Å². The summed E-state index contributed by atoms with van der Waals surface area (Å²) < 4.78 is 0. The maximum Gasteiger partial charge on any atom is 3.00 e. The first-order valence-electron chi connectivity index (χ1n) is 12.8. The van der Waals surface area contributed by atoms with Crippen LogP contribution in [0.5, 0.6) is 0 Å². The van der Waals surface area contributed by atoms with Gasteiger partial charge < -0.3 is 29.7 Å². The van der Waals surface area contributed by atoms with Gasteiger partial charge in [0.25, 0.3) is 0 Å². The fourth-order valence-electron chi connectivity index (χ4n) is 6.00. The fraction of sp³-hybridized carbons (Fsp3) is 0.889. The van der Waals surface area contributed by atoms with Gasteiger partial charge in [-0.15, -0.1) is 0 Å². The standard InChI is InChI=1S/3C9H16O2.In/c3*1-7-4-3-5-9(2,6-7)8(10)11;/h3*7H,3-6H2,1-2H3,(H,10,11);/q;;;+3/p-3. The summed E-state index contributed by atoms with van der Waals surface area (Å²) in [4.78, 5) is 32.1. The van der Waals surface area contributed by atoms with E-state index in [1.165, 1.54) is 19.3 Å². The van der Waals surface area contributed by atoms with Crippen LogP contribution in [0.4, 0.5) is 0 Å². The van der Waals surface area contributed by atoms with Crippen molar-refractivity contribution in [2.45, 2.75) is 119 Å². The van der Waals surface area contributed by atoms with Crippen molar-refractivity contribution < 1.29 is 29.7 Å². The molecule has 3 aliphatic rings. The average Bonchev–Trinajstić information content (AvgIpc) is 2.68. The van der Waals surface area contributed by atoms with Crippen molar-refractivity contribution >= 4 is 43.8 Å². The molecule has 3 rings (SSSR count). The van der Waals surface area contributed by atoms with Gasteiger partial charge in [-0.05, 0) is 56.3 Å². The monoisotopic (exact) mass is 580 g/mol. The van der Waals surface area contributed by atoms with E-state index in [-0.39, 0.29) is 25.8 Å². The smallest absolute Gasteiger partial charge is 0.550 e. The summed E-state index contributed by atoms with van der Waals surface area (Å²) in [6.45, 7) is 11.7. The summed E-state index contributed by atoms with van der Waals surface area (Å²) in [6.07, 6.45) is 11.3. The van der Waals surface area contributed by atoms with Gasteiger partial charge in [-0.25, -0.2) is 0 Å². The van der Waals surface area contributed by atoms with Gasteiger partial charge in [-0.1, -0.05) is 80.1 Å². The normalized spacial score (nSPS) is 37.4. The molecule has 192 valence electrons. The van der Waals surface area contributed by atoms with E-state index in [0.717, 1.165) is 57.8 Å². The first-order valence-corrected chi connectivity index (χ1v) is 12.8. The topological polar surface area (TPSA) is 120 Å². The molecular formula is C27H45InO6. The minimum absolute atomic E-state index is 0. The first kappa shape index (κ1) is 33.3. The summed E-state index contributed by atoms with van der Waals surface area (Å²) in [5, 5.41) is 32.1. The molecule has 0 aliphatic heterocycles. The molecule has 6 atom stereocenters. The largest absolute Gasteiger partial charge is 3.00 e. The van der Waals surface area contributed by atoms with Crippen LogP contribution in [0.1, 0.15) is 119 Å². The molecule has 0 saturated heterocycles. The SMILES string of the molecule is CC1CCCC(C)(C(=O)[O-])C1.CC1CCCC(C)(C(=O)[O-])C1.CC1CCCC(C)(C(=O)[O-])C1.[In+3]. The minimum Gasteiger partial charge on any atom is -0.550 e. The second-order valence-electron chi connectivity index (χ2n) is 12.1. The predicted molar refractivity (Wildman–Crippen MR) is 128 cm³/mol. The zero-order valence-corrected chi connectivity index (χ0v) is 25.5. The van der Waals surface area contributed by atoms with Gasteiger partial charge >= 0.3 is 25.8 Å². The predicted octanol–water partition coefficient (Wildman–Crippen LogP) is 2.48. The van der Waals surface area contributed by atoms with E-state index in [0.29, 0.717) is 17.8 Å². The van der Waals surface area contributed by atoms with E-state index in [2.05, 4.69) is 20.8 Å². The van der Waals surface area contributed by atoms with Gasteiger partial charge in [-0.3, -0.25) is 0 Å². The van der Waals surface area contributed by atoms with E-state index in [9.17, 15) is 29.7 Å². The Balaban J connectivity index is 0.000000473. The Labute approximate surface area is 225 Å². The molecule has 0 bridgehead atoms. The van der Waals surface area contributed by atoms with Crippen LogP contribution in [0, 0.1) is 34.0 Å². The van der Waals surface area contributed by atoms with Crippen LogP contribution in [0.2, 0.25) is 0 Å². The molecule has 34 heavy (non-hydrogen) atoms. The van der Waals surface area contributed by atoms with E-state index in [1.54, 1.807) is 20.8 Å². The van der Waals surface area contributed by atoms with Gasteiger partial charge in [0.2, 0.25) is 0 Å². The molecule has 7 heteroatoms. The van der Waals surface area contributed by atoms with E-state index in [4.69, 9.17) is 0 Å². The average molecular weight is 580 g/mol. The Kier molecular flexibility index (Phi) is 13.8. The molecule has 0 N–H and O–H groups in total. The number of carbonyl (C=O) groups excluding carboxylic acids is 3. The Bertz CT molecular complexity index is 592. The summed E-state index contributed by atoms with van der Waals surface area (Å²) in [7, 11) is 0. The molecule has 0 radical (unpaired) electrons. The Morgan fingerprint density at radius 2 is 0.765 bits per heavy atom. The van der Waals surface area contributed by atoms with E-state index >= 15 is 0 Å². The summed E-state index contributed by atoms with van der Waals surface area (Å²) in [5.74, 6) is -0.970. The van der Waals surface area contributed by atoms with Crippen LogP contribution in [0.25, 0.3) is 0 Å². The van der Waals surface area contributed by atoms with Crippen LogP contribution in [0.15, 0.2) is 0 Å². The van der Waals surface area contributed by atoms with Crippen LogP contribution >= 0.6 is 0 Å². The first-order chi connectivity index (χ1) is 15.1. The van der Waals surface area contributed by atoms with Crippen molar-refractivity contribution in [1.29, 1.82) is 0 Å². The van der Waals surface area contributed by atoms with Crippen LogP contribution < -0.4 is 15.3 Å². The zero-order chi connectivity index (χ0) is 25.4. The maximum absolute atomic E-state index is 10.7. The molecule has 3 saturated carbocycles. The fourth-order valence-corrected chi connectivity index (χ4v) is 6.00. The molecule has 3 fully saturated rings. The number of hydrogen-bond acceptors (Lipinski definition) is 6. The molecule has 0 aromatic rings. The van der Waals surface area contributed by atoms with Gasteiger partial charge in [-0.2, -0.15) is 0 Å². The molecular weight excluding hydrogens is 535 g/mol. The second kappa shape index (κ2) is 14.1. The molecule has 0 spiro atoms. The third-order valence-electron chi connectivity index (χ3n) is 8.15. The van der Waals surface area contributed by atoms with Gasteiger partial charge in [0, 0.05) is 34.2 Å². The van der Waals surface area contributed by atoms with Crippen molar-refractivity contribution in [3.05, 3.63) is 0 Å². The molecule has 0 amide bonds. The Morgan fingerprint density at radius 1 is 0.559 bits per heavy atom. The summed E-state index contributed by atoms with van der Waals surface area (Å²) in [6, 6.07) is 0. The Hall–Kier alpha value is -0.720. The number of carboxylic acids is 3. The molecule has 0 aromatic heterocycles. The van der Waals surface area contributed by atoms with Crippen molar-refractivity contribution in [2.75, 3.05) is 0 Å². The van der Waals surface area contributed by atoms with Crippen molar-refractivity contribution in [3.8, 4) is 0 Å². The number of aliphatic carboxylic acids is 3. The van der Waals surface area contributed by atoms with Crippen LogP contribution in [-0.4, -0.2) is 43.8 Å². The number of carboxylic acid groups (broad SMARTS) is 3. The summed E-state index contributed by atoms with van der Waals surface area (Å²) >= 11 is 0. The molecule has 6 unspecified atom stereocenters. The van der Waals surface area contributed by atoms with E-state index in [1.807, 2.05) is 0 Å². The van der Waals surface area contributed by atoms with Crippen molar-refractivity contribution in [3.63, 3.8) is 0 Å². The van der Waals surface area contributed by atoms with Gasteiger partial charge in [0.15, 0.2) is 0 Å². The zero-order valence-electron chi connectivity index (χ0n) is 22.2. The second-order valence-corrected chi connectivity index (χ2v) is 12.1. The molecule has 0 aromatic carbocycles. The third-order valence-corrected chi connectivity index (χ3v) is 8.15. The van der Waals surface area contributed by atoms with Gasteiger partial charge in [0.1, 0.15) is 0 Å². The molecule has 0 heterocycles. The van der Waals surface area contributed by atoms with Crippen molar-refractivity contribution in [2.24, 2.45) is 34.0 Å². The van der Waals surface area contributed by atoms with Crippen molar-refractivity contribution in [1.82, 2.24) is 0 Å². The van der Waals surface area contributed by atoms with E-state index < -0.39 is 34.2 Å². The van der Waals surface area contributed by atoms with Crippen LogP contribution in [-0.2, 0) is 14.4 Å². The quantitative estimate of drug-likeness (QED) is 0.506. The number of hydrogen-bond donors (Lipinski definition) is 0. The van der Waals surface area contributed by atoms with Gasteiger partial charge in [0.05, 0.1) is 0 Å². The summed E-state index contributed by atoms with van der Waals surface area (Å²) in [5.41, 5.74) is -1.63.